The molecule has 244 valence electrons. The van der Waals surface area contributed by atoms with E-state index >= 15 is 0 Å². The second-order valence-electron chi connectivity index (χ2n) is 13.6. The Balaban J connectivity index is 1.19. The van der Waals surface area contributed by atoms with Crippen LogP contribution >= 0.6 is 11.3 Å². The second-order valence-corrected chi connectivity index (χ2v) is 14.7. The number of anilines is 3. The monoisotopic (exact) mass is 681 g/mol. The van der Waals surface area contributed by atoms with Crippen LogP contribution in [-0.2, 0) is 5.41 Å². The van der Waals surface area contributed by atoms with E-state index in [0.29, 0.717) is 0 Å². The maximum atomic E-state index is 6.45. The normalized spacial score (nSPS) is 13.2. The Kier molecular flexibility index (Phi) is 6.37. The molecular weight excluding hydrogens is 651 g/mol. The molecule has 3 heteroatoms. The van der Waals surface area contributed by atoms with Gasteiger partial charge in [-0.05, 0) is 81.9 Å². The first-order valence-electron chi connectivity index (χ1n) is 17.8. The van der Waals surface area contributed by atoms with Gasteiger partial charge in [-0.2, -0.15) is 0 Å². The molecule has 0 spiro atoms. The van der Waals surface area contributed by atoms with E-state index in [4.69, 9.17) is 4.42 Å². The molecule has 0 aliphatic heterocycles. The van der Waals surface area contributed by atoms with Gasteiger partial charge in [-0.15, -0.1) is 11.3 Å². The van der Waals surface area contributed by atoms with Gasteiger partial charge in [0.25, 0.3) is 0 Å². The number of fused-ring (bicyclic) bond motifs is 9. The second kappa shape index (κ2) is 11.3. The van der Waals surface area contributed by atoms with Crippen molar-refractivity contribution in [3.05, 3.63) is 210 Å². The smallest absolute Gasteiger partial charge is 0.137 e. The Morgan fingerprint density at radius 3 is 1.73 bits per heavy atom. The molecule has 0 saturated heterocycles. The summed E-state index contributed by atoms with van der Waals surface area (Å²) in [6.07, 6.45) is 0. The average Bonchev–Trinajstić information content (AvgIpc) is 3.88. The lowest BCUT2D eigenvalue weighted by Gasteiger charge is -2.34. The lowest BCUT2D eigenvalue weighted by Crippen LogP contribution is -2.28. The van der Waals surface area contributed by atoms with Crippen LogP contribution in [0.5, 0.6) is 0 Å². The maximum absolute atomic E-state index is 6.45. The number of hydrogen-bond donors (Lipinski definition) is 0. The van der Waals surface area contributed by atoms with Crippen molar-refractivity contribution in [2.45, 2.75) is 5.41 Å². The SMILES string of the molecule is c1ccc(C2(c3ccc(N(c4cccc5oc6ccccc6c45)c4cccc5sc6ccccc6c45)cc3)c3ccccc3-c3ccccc32)cc1. The number of nitrogens with zero attached hydrogens (tertiary/aromatic N) is 1. The zero-order valence-electron chi connectivity index (χ0n) is 28.2. The summed E-state index contributed by atoms with van der Waals surface area (Å²) in [6, 6.07) is 68.5. The van der Waals surface area contributed by atoms with E-state index in [1.165, 1.54) is 53.6 Å². The highest BCUT2D eigenvalue weighted by molar-refractivity contribution is 7.26. The molecule has 1 aliphatic rings. The predicted octanol–water partition coefficient (Wildman–Crippen LogP) is 13.8. The molecule has 11 rings (SSSR count). The van der Waals surface area contributed by atoms with Crippen LogP contribution in [0.3, 0.4) is 0 Å². The first-order valence-corrected chi connectivity index (χ1v) is 18.6. The first kappa shape index (κ1) is 29.3. The highest BCUT2D eigenvalue weighted by Crippen LogP contribution is 2.56. The zero-order chi connectivity index (χ0) is 34.2. The zero-order valence-corrected chi connectivity index (χ0v) is 29.0. The van der Waals surface area contributed by atoms with Gasteiger partial charge in [-0.1, -0.05) is 140 Å². The van der Waals surface area contributed by atoms with E-state index in [9.17, 15) is 0 Å². The molecule has 52 heavy (non-hydrogen) atoms. The van der Waals surface area contributed by atoms with Crippen molar-refractivity contribution in [3.8, 4) is 11.1 Å². The summed E-state index contributed by atoms with van der Waals surface area (Å²) in [5.74, 6) is 0. The lowest BCUT2D eigenvalue weighted by atomic mass is 9.68. The fourth-order valence-electron chi connectivity index (χ4n) is 8.86. The minimum absolute atomic E-state index is 0.456. The van der Waals surface area contributed by atoms with E-state index in [0.717, 1.165) is 39.0 Å². The average molecular weight is 682 g/mol. The third kappa shape index (κ3) is 4.06. The molecule has 0 N–H and O–H groups in total. The fourth-order valence-corrected chi connectivity index (χ4v) is 9.99. The molecule has 0 radical (unpaired) electrons. The van der Waals surface area contributed by atoms with Gasteiger partial charge in [0.15, 0.2) is 0 Å². The Labute approximate surface area is 305 Å². The molecule has 0 amide bonds. The molecule has 8 aromatic carbocycles. The van der Waals surface area contributed by atoms with Crippen LogP contribution in [-0.4, -0.2) is 0 Å². The summed E-state index contributed by atoms with van der Waals surface area (Å²) in [4.78, 5) is 2.45. The van der Waals surface area contributed by atoms with Crippen LogP contribution in [0.4, 0.5) is 17.1 Å². The Morgan fingerprint density at radius 1 is 0.404 bits per heavy atom. The third-order valence-electron chi connectivity index (χ3n) is 11.0. The van der Waals surface area contributed by atoms with Gasteiger partial charge >= 0.3 is 0 Å². The summed E-state index contributed by atoms with van der Waals surface area (Å²) < 4.78 is 9.01. The fraction of sp³-hybridized carbons (Fsp3) is 0.0204. The van der Waals surface area contributed by atoms with Crippen molar-refractivity contribution < 1.29 is 4.42 Å². The number of thiophene rings is 1. The molecule has 2 nitrogen and oxygen atoms in total. The molecular formula is C49H31NOS. The van der Waals surface area contributed by atoms with Crippen LogP contribution in [0.2, 0.25) is 0 Å². The van der Waals surface area contributed by atoms with E-state index in [-0.39, 0.29) is 0 Å². The topological polar surface area (TPSA) is 16.4 Å². The van der Waals surface area contributed by atoms with Crippen molar-refractivity contribution in [2.75, 3.05) is 4.90 Å². The van der Waals surface area contributed by atoms with E-state index in [1.807, 2.05) is 17.4 Å². The van der Waals surface area contributed by atoms with E-state index in [1.54, 1.807) is 0 Å². The largest absolute Gasteiger partial charge is 0.456 e. The van der Waals surface area contributed by atoms with Gasteiger partial charge in [-0.25, -0.2) is 0 Å². The van der Waals surface area contributed by atoms with Crippen LogP contribution in [0, 0.1) is 0 Å². The minimum atomic E-state index is -0.456. The highest BCUT2D eigenvalue weighted by atomic mass is 32.1. The summed E-state index contributed by atoms with van der Waals surface area (Å²) in [6.45, 7) is 0. The number of furan rings is 1. The van der Waals surface area contributed by atoms with E-state index < -0.39 is 5.41 Å². The Bertz CT molecular complexity index is 2810. The van der Waals surface area contributed by atoms with Crippen LogP contribution in [0.1, 0.15) is 22.3 Å². The predicted molar refractivity (Wildman–Crippen MR) is 219 cm³/mol. The van der Waals surface area contributed by atoms with Gasteiger partial charge < -0.3 is 9.32 Å². The maximum Gasteiger partial charge on any atom is 0.137 e. The first-order chi connectivity index (χ1) is 25.8. The van der Waals surface area contributed by atoms with Crippen molar-refractivity contribution >= 4 is 70.5 Å². The van der Waals surface area contributed by atoms with Crippen molar-refractivity contribution in [2.24, 2.45) is 0 Å². The number of benzene rings is 8. The number of hydrogen-bond acceptors (Lipinski definition) is 3. The highest BCUT2D eigenvalue weighted by Gasteiger charge is 2.45. The Hall–Kier alpha value is -6.42. The number of para-hydroxylation sites is 1. The quantitative estimate of drug-likeness (QED) is 0.180. The summed E-state index contributed by atoms with van der Waals surface area (Å²) in [5, 5.41) is 4.75. The standard InChI is InChI=1S/C49H31NOS/c1-2-14-32(15-3-1)49(39-20-8-4-16-35(39)36-17-5-9-21-40(36)49)33-28-30-34(31-29-33)50(41-22-12-25-44-47(41)37-18-6-10-24-43(37)51-44)42-23-13-27-46-48(42)38-19-7-11-26-45(38)52-46/h1-31H. The van der Waals surface area contributed by atoms with Crippen LogP contribution in [0.25, 0.3) is 53.2 Å². The van der Waals surface area contributed by atoms with Gasteiger partial charge in [0.2, 0.25) is 0 Å². The molecule has 0 unspecified atom stereocenters. The van der Waals surface area contributed by atoms with Crippen LogP contribution in [0.15, 0.2) is 192 Å². The summed E-state index contributed by atoms with van der Waals surface area (Å²) in [5.41, 5.74) is 12.4. The third-order valence-corrected chi connectivity index (χ3v) is 12.1. The molecule has 0 atom stereocenters. The molecule has 0 bridgehead atoms. The van der Waals surface area contributed by atoms with Gasteiger partial charge in [0, 0.05) is 31.2 Å². The summed E-state index contributed by atoms with van der Waals surface area (Å²) in [7, 11) is 0. The van der Waals surface area contributed by atoms with Crippen molar-refractivity contribution in [1.82, 2.24) is 0 Å². The molecule has 1 aliphatic carbocycles. The number of rotatable bonds is 5. The molecule has 0 fully saturated rings. The van der Waals surface area contributed by atoms with Crippen molar-refractivity contribution in [3.63, 3.8) is 0 Å². The van der Waals surface area contributed by atoms with Crippen molar-refractivity contribution in [1.29, 1.82) is 0 Å². The Morgan fingerprint density at radius 2 is 0.962 bits per heavy atom. The lowest BCUT2D eigenvalue weighted by molar-refractivity contribution is 0.669. The van der Waals surface area contributed by atoms with E-state index in [2.05, 4.69) is 187 Å². The summed E-state index contributed by atoms with van der Waals surface area (Å²) >= 11 is 1.85. The van der Waals surface area contributed by atoms with Crippen LogP contribution < -0.4 is 4.90 Å². The molecule has 2 aromatic heterocycles. The van der Waals surface area contributed by atoms with Gasteiger partial charge in [-0.3, -0.25) is 0 Å². The van der Waals surface area contributed by atoms with Gasteiger partial charge in [0.05, 0.1) is 22.2 Å². The molecule has 10 aromatic rings. The minimum Gasteiger partial charge on any atom is -0.456 e. The van der Waals surface area contributed by atoms with Gasteiger partial charge in [0.1, 0.15) is 11.2 Å². The molecule has 2 heterocycles. The molecule has 0 saturated carbocycles.